The second kappa shape index (κ2) is 6.10. The van der Waals surface area contributed by atoms with Crippen molar-refractivity contribution in [2.75, 3.05) is 14.2 Å². The minimum Gasteiger partial charge on any atom is -0.497 e. The molecule has 0 fully saturated rings. The van der Waals surface area contributed by atoms with Gasteiger partial charge >= 0.3 is 0 Å². The second-order valence-corrected chi connectivity index (χ2v) is 4.27. The highest BCUT2D eigenvalue weighted by Crippen LogP contribution is 2.29. The van der Waals surface area contributed by atoms with Crippen LogP contribution in [0.15, 0.2) is 30.5 Å². The van der Waals surface area contributed by atoms with Gasteiger partial charge in [-0.3, -0.25) is 9.89 Å². The van der Waals surface area contributed by atoms with Crippen molar-refractivity contribution in [3.8, 4) is 11.5 Å². The van der Waals surface area contributed by atoms with Crippen LogP contribution in [-0.4, -0.2) is 30.3 Å². The first-order valence-electron chi connectivity index (χ1n) is 6.18. The van der Waals surface area contributed by atoms with Gasteiger partial charge in [-0.2, -0.15) is 5.10 Å². The number of methoxy groups -OCH3 is 2. The molecule has 1 atom stereocenters. The maximum atomic E-state index is 12.0. The van der Waals surface area contributed by atoms with Crippen molar-refractivity contribution in [1.82, 2.24) is 15.5 Å². The molecule has 6 heteroatoms. The summed E-state index contributed by atoms with van der Waals surface area (Å²) in [6.45, 7) is 1.88. The van der Waals surface area contributed by atoms with Gasteiger partial charge in [0.2, 0.25) is 0 Å². The number of ether oxygens (including phenoxy) is 2. The van der Waals surface area contributed by atoms with E-state index in [2.05, 4.69) is 15.5 Å². The fourth-order valence-corrected chi connectivity index (χ4v) is 1.91. The third-order valence-electron chi connectivity index (χ3n) is 3.00. The first-order chi connectivity index (χ1) is 9.65. The molecule has 2 N–H and O–H groups in total. The lowest BCUT2D eigenvalue weighted by Crippen LogP contribution is -2.27. The van der Waals surface area contributed by atoms with Crippen molar-refractivity contribution in [1.29, 1.82) is 0 Å². The Labute approximate surface area is 117 Å². The van der Waals surface area contributed by atoms with Crippen molar-refractivity contribution in [2.24, 2.45) is 0 Å². The van der Waals surface area contributed by atoms with Crippen LogP contribution in [0, 0.1) is 0 Å². The number of amides is 1. The summed E-state index contributed by atoms with van der Waals surface area (Å²) >= 11 is 0. The number of hydrogen-bond donors (Lipinski definition) is 2. The van der Waals surface area contributed by atoms with Crippen LogP contribution in [0.4, 0.5) is 0 Å². The number of aromatic nitrogens is 2. The summed E-state index contributed by atoms with van der Waals surface area (Å²) < 4.78 is 10.5. The van der Waals surface area contributed by atoms with Crippen LogP contribution in [0.1, 0.15) is 29.0 Å². The van der Waals surface area contributed by atoms with Gasteiger partial charge in [-0.05, 0) is 31.2 Å². The highest BCUT2D eigenvalue weighted by Gasteiger charge is 2.16. The van der Waals surface area contributed by atoms with E-state index in [9.17, 15) is 4.79 Å². The van der Waals surface area contributed by atoms with Crippen molar-refractivity contribution in [2.45, 2.75) is 13.0 Å². The summed E-state index contributed by atoms with van der Waals surface area (Å²) in [7, 11) is 3.19. The summed E-state index contributed by atoms with van der Waals surface area (Å²) in [4.78, 5) is 12.0. The van der Waals surface area contributed by atoms with Gasteiger partial charge in [-0.1, -0.05) is 0 Å². The minimum atomic E-state index is -0.226. The summed E-state index contributed by atoms with van der Waals surface area (Å²) in [5.41, 5.74) is 1.26. The standard InChI is InChI=1S/C14H17N3O3/c1-9(16-14(18)12-6-7-15-17-12)11-8-10(19-2)4-5-13(11)20-3/h4-9H,1-3H3,(H,15,17)(H,16,18)/t9-/m0/s1. The molecule has 106 valence electrons. The highest BCUT2D eigenvalue weighted by molar-refractivity contribution is 5.92. The number of carbonyl (C=O) groups is 1. The highest BCUT2D eigenvalue weighted by atomic mass is 16.5. The quantitative estimate of drug-likeness (QED) is 0.874. The van der Waals surface area contributed by atoms with E-state index in [0.29, 0.717) is 17.2 Å². The number of nitrogens with one attached hydrogen (secondary N) is 2. The molecule has 1 aromatic carbocycles. The maximum absolute atomic E-state index is 12.0. The normalized spacial score (nSPS) is 11.8. The van der Waals surface area contributed by atoms with E-state index in [1.807, 2.05) is 25.1 Å². The Morgan fingerprint density at radius 1 is 1.30 bits per heavy atom. The summed E-state index contributed by atoms with van der Waals surface area (Å²) in [6.07, 6.45) is 1.53. The molecule has 1 amide bonds. The largest absolute Gasteiger partial charge is 0.497 e. The van der Waals surface area contributed by atoms with Gasteiger partial charge in [0.05, 0.1) is 20.3 Å². The van der Waals surface area contributed by atoms with E-state index in [4.69, 9.17) is 9.47 Å². The Balaban J connectivity index is 2.19. The van der Waals surface area contributed by atoms with Gasteiger partial charge in [0.25, 0.3) is 5.91 Å². The van der Waals surface area contributed by atoms with Crippen LogP contribution in [-0.2, 0) is 0 Å². The topological polar surface area (TPSA) is 76.2 Å². The molecule has 0 aliphatic rings. The molecule has 6 nitrogen and oxygen atoms in total. The summed E-state index contributed by atoms with van der Waals surface area (Å²) in [5.74, 6) is 1.19. The molecule has 0 bridgehead atoms. The van der Waals surface area contributed by atoms with Crippen molar-refractivity contribution >= 4 is 5.91 Å². The number of H-pyrrole nitrogens is 1. The zero-order valence-corrected chi connectivity index (χ0v) is 11.6. The number of carbonyl (C=O) groups excluding carboxylic acids is 1. The molecule has 0 unspecified atom stereocenters. The molecular weight excluding hydrogens is 258 g/mol. The molecular formula is C14H17N3O3. The molecule has 0 aliphatic carbocycles. The van der Waals surface area contributed by atoms with Gasteiger partial charge in [-0.25, -0.2) is 0 Å². The molecule has 1 aromatic heterocycles. The monoisotopic (exact) mass is 275 g/mol. The second-order valence-electron chi connectivity index (χ2n) is 4.27. The third-order valence-corrected chi connectivity index (χ3v) is 3.00. The lowest BCUT2D eigenvalue weighted by Gasteiger charge is -2.17. The number of nitrogens with zero attached hydrogens (tertiary/aromatic N) is 1. The molecule has 0 aliphatic heterocycles. The smallest absolute Gasteiger partial charge is 0.269 e. The zero-order chi connectivity index (χ0) is 14.5. The molecule has 20 heavy (non-hydrogen) atoms. The Kier molecular flexibility index (Phi) is 4.24. The van der Waals surface area contributed by atoms with E-state index in [-0.39, 0.29) is 11.9 Å². The molecule has 0 radical (unpaired) electrons. The molecule has 2 aromatic rings. The molecule has 0 saturated heterocycles. The van der Waals surface area contributed by atoms with Crippen LogP contribution < -0.4 is 14.8 Å². The van der Waals surface area contributed by atoms with E-state index in [0.717, 1.165) is 5.56 Å². The Morgan fingerprint density at radius 2 is 2.10 bits per heavy atom. The van der Waals surface area contributed by atoms with Gasteiger partial charge < -0.3 is 14.8 Å². The van der Waals surface area contributed by atoms with E-state index >= 15 is 0 Å². The predicted molar refractivity (Wildman–Crippen MR) is 74.0 cm³/mol. The van der Waals surface area contributed by atoms with Crippen molar-refractivity contribution in [3.05, 3.63) is 41.7 Å². The fraction of sp³-hybridized carbons (Fsp3) is 0.286. The lowest BCUT2D eigenvalue weighted by atomic mass is 10.1. The van der Waals surface area contributed by atoms with Crippen LogP contribution in [0.2, 0.25) is 0 Å². The van der Waals surface area contributed by atoms with Crippen molar-refractivity contribution < 1.29 is 14.3 Å². The van der Waals surface area contributed by atoms with Gasteiger partial charge in [0, 0.05) is 11.8 Å². The molecule has 0 spiro atoms. The Morgan fingerprint density at radius 3 is 2.70 bits per heavy atom. The van der Waals surface area contributed by atoms with Gasteiger partial charge in [0.1, 0.15) is 17.2 Å². The van der Waals surface area contributed by atoms with E-state index in [1.54, 1.807) is 20.3 Å². The predicted octanol–water partition coefficient (Wildman–Crippen LogP) is 1.92. The Bertz CT molecular complexity index is 581. The van der Waals surface area contributed by atoms with E-state index < -0.39 is 0 Å². The first-order valence-corrected chi connectivity index (χ1v) is 6.18. The van der Waals surface area contributed by atoms with Crippen molar-refractivity contribution in [3.63, 3.8) is 0 Å². The van der Waals surface area contributed by atoms with Crippen LogP contribution in [0.3, 0.4) is 0 Å². The first kappa shape index (κ1) is 13.9. The fourth-order valence-electron chi connectivity index (χ4n) is 1.91. The van der Waals surface area contributed by atoms with Gasteiger partial charge in [-0.15, -0.1) is 0 Å². The molecule has 0 saturated carbocycles. The average molecular weight is 275 g/mol. The maximum Gasteiger partial charge on any atom is 0.269 e. The zero-order valence-electron chi connectivity index (χ0n) is 11.6. The van der Waals surface area contributed by atoms with Gasteiger partial charge in [0.15, 0.2) is 0 Å². The number of aromatic amines is 1. The van der Waals surface area contributed by atoms with Crippen LogP contribution >= 0.6 is 0 Å². The Hall–Kier alpha value is -2.50. The van der Waals surface area contributed by atoms with E-state index in [1.165, 1.54) is 6.20 Å². The molecule has 1 heterocycles. The number of benzene rings is 1. The summed E-state index contributed by atoms with van der Waals surface area (Å²) in [5, 5.41) is 9.26. The SMILES string of the molecule is COc1ccc(OC)c([C@H](C)NC(=O)c2ccn[nH]2)c1. The average Bonchev–Trinajstić information content (AvgIpc) is 3.00. The lowest BCUT2D eigenvalue weighted by molar-refractivity contribution is 0.0934. The number of rotatable bonds is 5. The number of hydrogen-bond acceptors (Lipinski definition) is 4. The van der Waals surface area contributed by atoms with Crippen LogP contribution in [0.25, 0.3) is 0 Å². The molecule has 2 rings (SSSR count). The van der Waals surface area contributed by atoms with Crippen LogP contribution in [0.5, 0.6) is 11.5 Å². The minimum absolute atomic E-state index is 0.222. The summed E-state index contributed by atoms with van der Waals surface area (Å²) in [6, 6.07) is 6.86. The third kappa shape index (κ3) is 2.90.